The molecular weight excluding hydrogens is 401 g/mol. The summed E-state index contributed by atoms with van der Waals surface area (Å²) in [4.78, 5) is 27.5. The number of rotatable bonds is 2. The number of amides is 1. The molecule has 1 aromatic carbocycles. The third-order valence-corrected chi connectivity index (χ3v) is 5.93. The fourth-order valence-electron chi connectivity index (χ4n) is 3.65. The number of amidine groups is 1. The summed E-state index contributed by atoms with van der Waals surface area (Å²) >= 11 is 1.34. The van der Waals surface area contributed by atoms with Crippen molar-refractivity contribution in [2.45, 2.75) is 38.8 Å². The van der Waals surface area contributed by atoms with Crippen LogP contribution in [0.3, 0.4) is 0 Å². The number of benzene rings is 1. The van der Waals surface area contributed by atoms with Gasteiger partial charge in [0.1, 0.15) is 17.0 Å². The van der Waals surface area contributed by atoms with Gasteiger partial charge in [0.2, 0.25) is 0 Å². The highest BCUT2D eigenvalue weighted by atomic mass is 32.2. The van der Waals surface area contributed by atoms with Crippen molar-refractivity contribution >= 4 is 28.7 Å². The number of nitro groups is 1. The molecule has 2 heterocycles. The number of thioether (sulfide) groups is 1. The van der Waals surface area contributed by atoms with Crippen LogP contribution in [0.15, 0.2) is 23.2 Å². The summed E-state index contributed by atoms with van der Waals surface area (Å²) in [6, 6.07) is 3.42. The molecule has 1 N–H and O–H groups in total. The maximum atomic E-state index is 14.9. The van der Waals surface area contributed by atoms with E-state index >= 15 is 0 Å². The van der Waals surface area contributed by atoms with E-state index in [1.54, 1.807) is 20.8 Å². The third-order valence-electron chi connectivity index (χ3n) is 4.94. The smallest absolute Gasteiger partial charge is 0.413 e. The lowest BCUT2D eigenvalue weighted by Crippen LogP contribution is -2.52. The number of alkyl carbamates (subject to hydrolysis) is 1. The Morgan fingerprint density at radius 2 is 2.21 bits per heavy atom. The number of non-ortho nitro benzene ring substituents is 1. The van der Waals surface area contributed by atoms with E-state index < -0.39 is 28.0 Å². The first-order valence-corrected chi connectivity index (χ1v) is 10.3. The second kappa shape index (κ2) is 7.91. The number of ether oxygens (including phenoxy) is 2. The molecule has 0 unspecified atom stereocenters. The van der Waals surface area contributed by atoms with Crippen molar-refractivity contribution in [2.75, 3.05) is 19.0 Å². The maximum Gasteiger partial charge on any atom is 0.413 e. The third kappa shape index (κ3) is 4.53. The number of aliphatic imine (C=N–C) groups is 1. The normalized spacial score (nSPS) is 26.9. The van der Waals surface area contributed by atoms with Crippen LogP contribution in [0.2, 0.25) is 0 Å². The number of halogens is 1. The zero-order valence-electron chi connectivity index (χ0n) is 16.7. The number of nitrogens with zero attached hydrogens (tertiary/aromatic N) is 2. The molecule has 3 atom stereocenters. The Labute approximate surface area is 172 Å². The average molecular weight is 425 g/mol. The van der Waals surface area contributed by atoms with Crippen LogP contribution in [-0.4, -0.2) is 40.8 Å². The minimum Gasteiger partial charge on any atom is -0.444 e. The van der Waals surface area contributed by atoms with Gasteiger partial charge >= 0.3 is 6.09 Å². The van der Waals surface area contributed by atoms with Crippen LogP contribution < -0.4 is 5.32 Å². The van der Waals surface area contributed by atoms with Gasteiger partial charge in [-0.05, 0) is 32.8 Å². The van der Waals surface area contributed by atoms with Crippen molar-refractivity contribution in [3.05, 3.63) is 39.7 Å². The Balaban J connectivity index is 2.04. The Hall–Kier alpha value is -2.20. The summed E-state index contributed by atoms with van der Waals surface area (Å²) in [5.74, 6) is -0.0874. The Morgan fingerprint density at radius 3 is 2.86 bits per heavy atom. The lowest BCUT2D eigenvalue weighted by atomic mass is 9.72. The summed E-state index contributed by atoms with van der Waals surface area (Å²) in [5, 5.41) is 14.1. The molecule has 1 amide bonds. The highest BCUT2D eigenvalue weighted by molar-refractivity contribution is 8.13. The highest BCUT2D eigenvalue weighted by Gasteiger charge is 2.51. The Morgan fingerprint density at radius 1 is 1.48 bits per heavy atom. The number of carbonyl (C=O) groups excluding carboxylic acids is 1. The monoisotopic (exact) mass is 425 g/mol. The van der Waals surface area contributed by atoms with E-state index in [0.29, 0.717) is 12.4 Å². The molecule has 1 fully saturated rings. The van der Waals surface area contributed by atoms with E-state index in [1.165, 1.54) is 17.8 Å². The second-order valence-corrected chi connectivity index (χ2v) is 9.31. The molecule has 0 bridgehead atoms. The molecule has 10 heteroatoms. The van der Waals surface area contributed by atoms with Crippen LogP contribution >= 0.6 is 11.8 Å². The number of hydrogen-bond acceptors (Lipinski definition) is 7. The molecule has 0 radical (unpaired) electrons. The summed E-state index contributed by atoms with van der Waals surface area (Å²) in [6.45, 7) is 7.78. The molecule has 0 aromatic heterocycles. The Bertz CT molecular complexity index is 857. The average Bonchev–Trinajstić information content (AvgIpc) is 2.60. The Kier molecular flexibility index (Phi) is 5.86. The molecule has 1 saturated heterocycles. The molecule has 0 spiro atoms. The number of fused-ring (bicyclic) bond motifs is 1. The minimum absolute atomic E-state index is 0.0572. The van der Waals surface area contributed by atoms with Gasteiger partial charge in [-0.25, -0.2) is 14.2 Å². The van der Waals surface area contributed by atoms with Gasteiger partial charge in [0.25, 0.3) is 5.69 Å². The van der Waals surface area contributed by atoms with Gasteiger partial charge in [0.15, 0.2) is 5.17 Å². The lowest BCUT2D eigenvalue weighted by Gasteiger charge is -2.47. The zero-order chi connectivity index (χ0) is 21.4. The van der Waals surface area contributed by atoms with E-state index in [4.69, 9.17) is 9.47 Å². The SMILES string of the molecule is C[C@H]1COC[C@]2(c3cc([N+](=O)[O-])ccc3F)N=C(NC(=O)OC(C)(C)C)SC[C@H]12. The van der Waals surface area contributed by atoms with Gasteiger partial charge in [-0.2, -0.15) is 0 Å². The summed E-state index contributed by atoms with van der Waals surface area (Å²) in [6.07, 6.45) is -0.665. The van der Waals surface area contributed by atoms with Crippen LogP contribution in [-0.2, 0) is 15.0 Å². The first-order chi connectivity index (χ1) is 13.5. The van der Waals surface area contributed by atoms with Crippen molar-refractivity contribution in [1.29, 1.82) is 0 Å². The minimum atomic E-state index is -1.16. The van der Waals surface area contributed by atoms with Crippen molar-refractivity contribution in [3.8, 4) is 0 Å². The largest absolute Gasteiger partial charge is 0.444 e. The van der Waals surface area contributed by atoms with Crippen molar-refractivity contribution in [2.24, 2.45) is 16.8 Å². The fraction of sp³-hybridized carbons (Fsp3) is 0.579. The molecule has 29 heavy (non-hydrogen) atoms. The van der Waals surface area contributed by atoms with Crippen LogP contribution in [0.5, 0.6) is 0 Å². The molecule has 1 aromatic rings. The standard InChI is InChI=1S/C19H24FN3O5S/c1-11-8-27-10-19(13-7-12(23(25)26)5-6-15(13)20)14(11)9-29-16(22-19)21-17(24)28-18(2,3)4/h5-7,11,14H,8-10H2,1-4H3,(H,21,22,24)/t11-,14+,19+/m0/s1. The molecule has 2 aliphatic rings. The predicted octanol–water partition coefficient (Wildman–Crippen LogP) is 3.84. The molecule has 0 aliphatic carbocycles. The lowest BCUT2D eigenvalue weighted by molar-refractivity contribution is -0.385. The molecular formula is C19H24FN3O5S. The first-order valence-electron chi connectivity index (χ1n) is 9.26. The van der Waals surface area contributed by atoms with E-state index in [2.05, 4.69) is 10.3 Å². The fourth-order valence-corrected chi connectivity index (χ4v) is 4.97. The molecule has 158 valence electrons. The van der Waals surface area contributed by atoms with Crippen molar-refractivity contribution in [3.63, 3.8) is 0 Å². The van der Waals surface area contributed by atoms with Crippen LogP contribution in [0.25, 0.3) is 0 Å². The van der Waals surface area contributed by atoms with Gasteiger partial charge in [0.05, 0.1) is 11.5 Å². The summed E-state index contributed by atoms with van der Waals surface area (Å²) in [5.41, 5.74) is -1.96. The van der Waals surface area contributed by atoms with Gasteiger partial charge in [0, 0.05) is 36.0 Å². The van der Waals surface area contributed by atoms with E-state index in [1.807, 2.05) is 6.92 Å². The van der Waals surface area contributed by atoms with E-state index in [0.717, 1.165) is 12.1 Å². The summed E-state index contributed by atoms with van der Waals surface area (Å²) < 4.78 is 25.8. The molecule has 0 saturated carbocycles. The molecule has 3 rings (SSSR count). The van der Waals surface area contributed by atoms with Gasteiger partial charge in [-0.3, -0.25) is 15.4 Å². The number of carbonyl (C=O) groups is 1. The van der Waals surface area contributed by atoms with Gasteiger partial charge < -0.3 is 9.47 Å². The van der Waals surface area contributed by atoms with Crippen LogP contribution in [0, 0.1) is 27.8 Å². The maximum absolute atomic E-state index is 14.9. The van der Waals surface area contributed by atoms with Crippen molar-refractivity contribution < 1.29 is 23.6 Å². The van der Waals surface area contributed by atoms with Crippen LogP contribution in [0.4, 0.5) is 14.9 Å². The predicted molar refractivity (Wildman–Crippen MR) is 107 cm³/mol. The second-order valence-electron chi connectivity index (χ2n) is 8.30. The van der Waals surface area contributed by atoms with E-state index in [-0.39, 0.29) is 34.9 Å². The number of hydrogen-bond donors (Lipinski definition) is 1. The van der Waals surface area contributed by atoms with Gasteiger partial charge in [-0.1, -0.05) is 18.7 Å². The summed E-state index contributed by atoms with van der Waals surface area (Å²) in [7, 11) is 0. The number of nitro benzene ring substituents is 1. The topological polar surface area (TPSA) is 103 Å². The number of nitrogens with one attached hydrogen (secondary N) is 1. The van der Waals surface area contributed by atoms with Crippen molar-refractivity contribution in [1.82, 2.24) is 5.32 Å². The first kappa shape index (κ1) is 21.5. The quantitative estimate of drug-likeness (QED) is 0.570. The molecule has 2 aliphatic heterocycles. The van der Waals surface area contributed by atoms with E-state index in [9.17, 15) is 19.3 Å². The van der Waals surface area contributed by atoms with Crippen LogP contribution in [0.1, 0.15) is 33.3 Å². The zero-order valence-corrected chi connectivity index (χ0v) is 17.5. The molecule has 8 nitrogen and oxygen atoms in total. The highest BCUT2D eigenvalue weighted by Crippen LogP contribution is 2.48. The van der Waals surface area contributed by atoms with Gasteiger partial charge in [-0.15, -0.1) is 0 Å².